The molecule has 2 aromatic carbocycles. The zero-order valence-electron chi connectivity index (χ0n) is 13.3. The van der Waals surface area contributed by atoms with Crippen molar-refractivity contribution < 1.29 is 9.90 Å². The molecular formula is C19H21ClINO2. The molecule has 2 N–H and O–H groups in total. The van der Waals surface area contributed by atoms with Crippen LogP contribution in [0.5, 0.6) is 0 Å². The average Bonchev–Trinajstić information content (AvgIpc) is 2.58. The van der Waals surface area contributed by atoms with E-state index in [4.69, 9.17) is 0 Å². The van der Waals surface area contributed by atoms with Crippen molar-refractivity contribution in [2.24, 2.45) is 0 Å². The predicted octanol–water partition coefficient (Wildman–Crippen LogP) is 4.47. The van der Waals surface area contributed by atoms with Crippen LogP contribution >= 0.6 is 35.0 Å². The minimum atomic E-state index is -0.817. The Balaban J connectivity index is 0.00000208. The van der Waals surface area contributed by atoms with Crippen LogP contribution in [0.2, 0.25) is 0 Å². The third-order valence-corrected chi connectivity index (χ3v) is 5.75. The highest BCUT2D eigenvalue weighted by Crippen LogP contribution is 2.34. The number of halogens is 2. The van der Waals surface area contributed by atoms with Gasteiger partial charge in [-0.2, -0.15) is 0 Å². The Morgan fingerprint density at radius 3 is 2.42 bits per heavy atom. The van der Waals surface area contributed by atoms with Crippen molar-refractivity contribution in [1.29, 1.82) is 0 Å². The van der Waals surface area contributed by atoms with Crippen molar-refractivity contribution in [3.63, 3.8) is 0 Å². The second-order valence-corrected chi connectivity index (χ2v) is 7.07. The van der Waals surface area contributed by atoms with Gasteiger partial charge >= 0.3 is 5.97 Å². The molecule has 0 aromatic heterocycles. The van der Waals surface area contributed by atoms with Crippen LogP contribution in [0, 0.1) is 3.57 Å². The molecule has 1 fully saturated rings. The van der Waals surface area contributed by atoms with Crippen molar-refractivity contribution in [2.75, 3.05) is 13.1 Å². The Labute approximate surface area is 162 Å². The summed E-state index contributed by atoms with van der Waals surface area (Å²) in [6.07, 6.45) is 2.85. The van der Waals surface area contributed by atoms with Crippen LogP contribution < -0.4 is 5.32 Å². The molecule has 1 aliphatic heterocycles. The maximum Gasteiger partial charge on any atom is 0.336 e. The van der Waals surface area contributed by atoms with Gasteiger partial charge in [-0.15, -0.1) is 12.4 Å². The second-order valence-electron chi connectivity index (χ2n) is 5.99. The molecule has 24 heavy (non-hydrogen) atoms. The van der Waals surface area contributed by atoms with Gasteiger partial charge in [-0.05, 0) is 83.6 Å². The molecule has 0 atom stereocenters. The molecule has 0 saturated carbocycles. The van der Waals surface area contributed by atoms with Gasteiger partial charge in [0.05, 0.1) is 5.56 Å². The van der Waals surface area contributed by atoms with Crippen molar-refractivity contribution in [1.82, 2.24) is 5.32 Å². The second kappa shape index (κ2) is 8.83. The van der Waals surface area contributed by atoms with E-state index in [1.54, 1.807) is 6.07 Å². The predicted molar refractivity (Wildman–Crippen MR) is 107 cm³/mol. The zero-order chi connectivity index (χ0) is 16.2. The lowest BCUT2D eigenvalue weighted by atomic mass is 9.85. The molecule has 3 rings (SSSR count). The third-order valence-electron chi connectivity index (χ3n) is 4.47. The fourth-order valence-corrected chi connectivity index (χ4v) is 4.39. The molecular weight excluding hydrogens is 437 g/mol. The van der Waals surface area contributed by atoms with Crippen LogP contribution in [0.1, 0.15) is 45.8 Å². The molecule has 0 spiro atoms. The smallest absolute Gasteiger partial charge is 0.336 e. The lowest BCUT2D eigenvalue weighted by Gasteiger charge is -2.26. The summed E-state index contributed by atoms with van der Waals surface area (Å²) in [6.45, 7) is 1.92. The Bertz CT molecular complexity index is 700. The van der Waals surface area contributed by atoms with Gasteiger partial charge in [-0.3, -0.25) is 0 Å². The van der Waals surface area contributed by atoms with E-state index in [1.807, 2.05) is 24.3 Å². The van der Waals surface area contributed by atoms with Gasteiger partial charge < -0.3 is 10.4 Å². The van der Waals surface area contributed by atoms with Crippen LogP contribution in [-0.4, -0.2) is 24.2 Å². The van der Waals surface area contributed by atoms with Gasteiger partial charge in [0.25, 0.3) is 0 Å². The van der Waals surface area contributed by atoms with E-state index >= 15 is 0 Å². The lowest BCUT2D eigenvalue weighted by Crippen LogP contribution is -2.28. The largest absolute Gasteiger partial charge is 0.478 e. The summed E-state index contributed by atoms with van der Waals surface area (Å²) in [4.78, 5) is 11.7. The Morgan fingerprint density at radius 2 is 1.79 bits per heavy atom. The summed E-state index contributed by atoms with van der Waals surface area (Å²) in [6, 6.07) is 14.1. The number of hydrogen-bond donors (Lipinski definition) is 2. The first-order valence-corrected chi connectivity index (χ1v) is 9.04. The fourth-order valence-electron chi connectivity index (χ4n) is 3.29. The van der Waals surface area contributed by atoms with E-state index in [2.05, 4.69) is 40.0 Å². The topological polar surface area (TPSA) is 49.3 Å². The molecule has 128 valence electrons. The standard InChI is InChI=1S/C19H20INO2.ClH/c20-18-15(12-13-4-2-1-3-5-13)6-7-16(19(22)23)17(18)14-8-10-21-11-9-14;/h1-7,14,21H,8-12H2,(H,22,23);1H. The lowest BCUT2D eigenvalue weighted by molar-refractivity contribution is 0.0694. The Morgan fingerprint density at radius 1 is 1.12 bits per heavy atom. The minimum Gasteiger partial charge on any atom is -0.478 e. The maximum atomic E-state index is 11.7. The Kier molecular flexibility index (Phi) is 7.07. The van der Waals surface area contributed by atoms with Crippen LogP contribution in [-0.2, 0) is 6.42 Å². The SMILES string of the molecule is Cl.O=C(O)c1ccc(Cc2ccccc2)c(I)c1C1CCNCC1. The summed E-state index contributed by atoms with van der Waals surface area (Å²) in [5, 5.41) is 12.9. The van der Waals surface area contributed by atoms with E-state index < -0.39 is 5.97 Å². The molecule has 5 heteroatoms. The van der Waals surface area contributed by atoms with E-state index in [1.165, 1.54) is 11.1 Å². The summed E-state index contributed by atoms with van der Waals surface area (Å²) in [7, 11) is 0. The molecule has 0 aliphatic carbocycles. The number of carbonyl (C=O) groups is 1. The quantitative estimate of drug-likeness (QED) is 0.666. The van der Waals surface area contributed by atoms with Crippen LogP contribution in [0.3, 0.4) is 0 Å². The van der Waals surface area contributed by atoms with Crippen molar-refractivity contribution in [3.05, 3.63) is 68.3 Å². The van der Waals surface area contributed by atoms with Crippen LogP contribution in [0.15, 0.2) is 42.5 Å². The zero-order valence-corrected chi connectivity index (χ0v) is 16.3. The highest BCUT2D eigenvalue weighted by Gasteiger charge is 2.25. The monoisotopic (exact) mass is 457 g/mol. The number of carboxylic acids is 1. The first-order valence-electron chi connectivity index (χ1n) is 7.96. The number of rotatable bonds is 4. The summed E-state index contributed by atoms with van der Waals surface area (Å²) in [5.74, 6) is -0.479. The fraction of sp³-hybridized carbons (Fsp3) is 0.316. The molecule has 1 aliphatic rings. The Hall–Kier alpha value is -1.11. The first kappa shape index (κ1) is 19.2. The molecule has 3 nitrogen and oxygen atoms in total. The average molecular weight is 458 g/mol. The van der Waals surface area contributed by atoms with E-state index in [-0.39, 0.29) is 12.4 Å². The molecule has 0 unspecified atom stereocenters. The van der Waals surface area contributed by atoms with E-state index in [9.17, 15) is 9.90 Å². The molecule has 0 amide bonds. The van der Waals surface area contributed by atoms with Crippen molar-refractivity contribution in [3.8, 4) is 0 Å². The number of benzene rings is 2. The maximum absolute atomic E-state index is 11.7. The summed E-state index contributed by atoms with van der Waals surface area (Å²) >= 11 is 2.35. The van der Waals surface area contributed by atoms with Crippen LogP contribution in [0.4, 0.5) is 0 Å². The highest BCUT2D eigenvalue weighted by atomic mass is 127. The summed E-state index contributed by atoms with van der Waals surface area (Å²) in [5.41, 5.74) is 3.98. The van der Waals surface area contributed by atoms with Crippen molar-refractivity contribution in [2.45, 2.75) is 25.2 Å². The molecule has 0 radical (unpaired) electrons. The third kappa shape index (κ3) is 4.29. The molecule has 2 aromatic rings. The minimum absolute atomic E-state index is 0. The number of piperidine rings is 1. The first-order chi connectivity index (χ1) is 11.2. The normalized spacial score (nSPS) is 14.9. The number of hydrogen-bond acceptors (Lipinski definition) is 2. The van der Waals surface area contributed by atoms with Gasteiger partial charge in [-0.25, -0.2) is 4.79 Å². The van der Waals surface area contributed by atoms with Gasteiger partial charge in [0.2, 0.25) is 0 Å². The number of carboxylic acid groups (broad SMARTS) is 1. The van der Waals surface area contributed by atoms with Gasteiger partial charge in [0.15, 0.2) is 0 Å². The van der Waals surface area contributed by atoms with E-state index in [0.717, 1.165) is 41.5 Å². The molecule has 1 heterocycles. The van der Waals surface area contributed by atoms with Gasteiger partial charge in [0.1, 0.15) is 0 Å². The summed E-state index contributed by atoms with van der Waals surface area (Å²) < 4.78 is 1.12. The van der Waals surface area contributed by atoms with Gasteiger partial charge in [-0.1, -0.05) is 36.4 Å². The molecule has 0 bridgehead atoms. The van der Waals surface area contributed by atoms with Crippen LogP contribution in [0.25, 0.3) is 0 Å². The highest BCUT2D eigenvalue weighted by molar-refractivity contribution is 14.1. The molecule has 1 saturated heterocycles. The van der Waals surface area contributed by atoms with Gasteiger partial charge in [0, 0.05) is 3.57 Å². The number of nitrogens with one attached hydrogen (secondary N) is 1. The number of aromatic carboxylic acids is 1. The van der Waals surface area contributed by atoms with E-state index in [0.29, 0.717) is 11.5 Å². The van der Waals surface area contributed by atoms with Crippen molar-refractivity contribution >= 4 is 41.0 Å².